The average molecular weight is 313 g/mol. The third kappa shape index (κ3) is 3.21. The number of hydrogen-bond donors (Lipinski definition) is 1. The number of fused-ring (bicyclic) bond motifs is 1. The van der Waals surface area contributed by atoms with Crippen molar-refractivity contribution in [2.45, 2.75) is 59.0 Å². The van der Waals surface area contributed by atoms with E-state index in [2.05, 4.69) is 31.7 Å². The number of aliphatic hydroxyl groups is 1. The van der Waals surface area contributed by atoms with Gasteiger partial charge in [0.25, 0.3) is 0 Å². The third-order valence-corrected chi connectivity index (χ3v) is 5.39. The van der Waals surface area contributed by atoms with E-state index in [1.807, 2.05) is 6.07 Å². The lowest BCUT2D eigenvalue weighted by Crippen LogP contribution is -2.48. The summed E-state index contributed by atoms with van der Waals surface area (Å²) in [5.74, 6) is 1.07. The van der Waals surface area contributed by atoms with Gasteiger partial charge in [0.1, 0.15) is 11.9 Å². The van der Waals surface area contributed by atoms with E-state index in [4.69, 9.17) is 4.98 Å². The SMILES string of the molecule is CC(C)(C)C1CCN(c2nc3c(cc2C#N)CCCC3)CC1O. The van der Waals surface area contributed by atoms with Crippen LogP contribution in [-0.2, 0) is 12.8 Å². The second-order valence-electron chi connectivity index (χ2n) is 8.06. The zero-order valence-corrected chi connectivity index (χ0v) is 14.5. The molecule has 4 heteroatoms. The predicted octanol–water partition coefficient (Wildman–Crippen LogP) is 3.07. The number of hydrogen-bond acceptors (Lipinski definition) is 4. The zero-order valence-electron chi connectivity index (χ0n) is 14.5. The Morgan fingerprint density at radius 1 is 1.30 bits per heavy atom. The van der Waals surface area contributed by atoms with Crippen molar-refractivity contribution in [1.82, 2.24) is 4.98 Å². The van der Waals surface area contributed by atoms with Crippen molar-refractivity contribution < 1.29 is 5.11 Å². The molecule has 3 rings (SSSR count). The number of β-amino-alcohol motifs (C(OH)–C–C–N with tert-alkyl or cyclic N) is 1. The first kappa shape index (κ1) is 16.3. The first-order valence-corrected chi connectivity index (χ1v) is 8.76. The maximum Gasteiger partial charge on any atom is 0.146 e. The first-order valence-electron chi connectivity index (χ1n) is 8.76. The molecular formula is C19H27N3O. The molecular weight excluding hydrogens is 286 g/mol. The molecule has 2 aliphatic rings. The Hall–Kier alpha value is -1.60. The molecule has 0 spiro atoms. The Morgan fingerprint density at radius 3 is 2.70 bits per heavy atom. The number of pyridine rings is 1. The molecule has 1 aromatic rings. The molecule has 1 aromatic heterocycles. The fraction of sp³-hybridized carbons (Fsp3) is 0.684. The van der Waals surface area contributed by atoms with Gasteiger partial charge in [-0.2, -0.15) is 5.26 Å². The summed E-state index contributed by atoms with van der Waals surface area (Å²) in [7, 11) is 0. The number of nitriles is 1. The van der Waals surface area contributed by atoms with Crippen molar-refractivity contribution in [3.8, 4) is 6.07 Å². The van der Waals surface area contributed by atoms with E-state index >= 15 is 0 Å². The minimum absolute atomic E-state index is 0.104. The minimum atomic E-state index is -0.367. The zero-order chi connectivity index (χ0) is 16.6. The molecule has 23 heavy (non-hydrogen) atoms. The van der Waals surface area contributed by atoms with E-state index in [1.165, 1.54) is 18.4 Å². The maximum absolute atomic E-state index is 10.6. The lowest BCUT2D eigenvalue weighted by atomic mass is 9.73. The van der Waals surface area contributed by atoms with Gasteiger partial charge >= 0.3 is 0 Å². The van der Waals surface area contributed by atoms with Gasteiger partial charge in [0.2, 0.25) is 0 Å². The Bertz CT molecular complexity index is 627. The van der Waals surface area contributed by atoms with Gasteiger partial charge in [0, 0.05) is 18.8 Å². The monoisotopic (exact) mass is 313 g/mol. The van der Waals surface area contributed by atoms with Crippen LogP contribution in [0.25, 0.3) is 0 Å². The van der Waals surface area contributed by atoms with Crippen molar-refractivity contribution in [3.05, 3.63) is 22.9 Å². The molecule has 1 saturated heterocycles. The summed E-state index contributed by atoms with van der Waals surface area (Å²) in [5.41, 5.74) is 3.15. The van der Waals surface area contributed by atoms with Gasteiger partial charge in [-0.05, 0) is 55.1 Å². The molecule has 1 fully saturated rings. The number of aryl methyl sites for hydroxylation is 2. The summed E-state index contributed by atoms with van der Waals surface area (Å²) in [6.07, 6.45) is 4.98. The summed E-state index contributed by atoms with van der Waals surface area (Å²) in [5, 5.41) is 20.1. The fourth-order valence-corrected chi connectivity index (χ4v) is 4.08. The average Bonchev–Trinajstić information content (AvgIpc) is 2.52. The van der Waals surface area contributed by atoms with Crippen LogP contribution >= 0.6 is 0 Å². The molecule has 0 aromatic carbocycles. The number of anilines is 1. The van der Waals surface area contributed by atoms with Crippen molar-refractivity contribution in [1.29, 1.82) is 5.26 Å². The van der Waals surface area contributed by atoms with Crippen LogP contribution < -0.4 is 4.90 Å². The normalized spacial score (nSPS) is 24.9. The van der Waals surface area contributed by atoms with Gasteiger partial charge in [-0.3, -0.25) is 0 Å². The van der Waals surface area contributed by atoms with E-state index in [1.54, 1.807) is 0 Å². The van der Waals surface area contributed by atoms with Crippen molar-refractivity contribution in [3.63, 3.8) is 0 Å². The highest BCUT2D eigenvalue weighted by Crippen LogP contribution is 2.36. The van der Waals surface area contributed by atoms with Crippen molar-refractivity contribution in [2.24, 2.45) is 11.3 Å². The molecule has 1 N–H and O–H groups in total. The van der Waals surface area contributed by atoms with Crippen LogP contribution in [0.4, 0.5) is 5.82 Å². The van der Waals surface area contributed by atoms with Gasteiger partial charge in [0.15, 0.2) is 0 Å². The summed E-state index contributed by atoms with van der Waals surface area (Å²) in [4.78, 5) is 6.93. The number of nitrogens with zero attached hydrogens (tertiary/aromatic N) is 3. The Kier molecular flexibility index (Phi) is 4.33. The molecule has 0 saturated carbocycles. The highest BCUT2D eigenvalue weighted by atomic mass is 16.3. The smallest absolute Gasteiger partial charge is 0.146 e. The standard InChI is InChI=1S/C19H27N3O/c1-19(2,3)15-8-9-22(12-17(15)23)18-14(11-20)10-13-6-4-5-7-16(13)21-18/h10,15,17,23H,4-9,12H2,1-3H3. The summed E-state index contributed by atoms with van der Waals surface area (Å²) in [6.45, 7) is 8.00. The van der Waals surface area contributed by atoms with Gasteiger partial charge in [0.05, 0.1) is 11.7 Å². The van der Waals surface area contributed by atoms with Gasteiger partial charge in [-0.15, -0.1) is 0 Å². The highest BCUT2D eigenvalue weighted by Gasteiger charge is 2.36. The van der Waals surface area contributed by atoms with Crippen LogP contribution in [-0.4, -0.2) is 29.3 Å². The lowest BCUT2D eigenvalue weighted by Gasteiger charge is -2.43. The van der Waals surface area contributed by atoms with Gasteiger partial charge < -0.3 is 10.0 Å². The van der Waals surface area contributed by atoms with Gasteiger partial charge in [-0.25, -0.2) is 4.98 Å². The minimum Gasteiger partial charge on any atom is -0.391 e. The Balaban J connectivity index is 1.87. The summed E-state index contributed by atoms with van der Waals surface area (Å²) < 4.78 is 0. The van der Waals surface area contributed by atoms with Crippen LogP contribution in [0.5, 0.6) is 0 Å². The molecule has 124 valence electrons. The van der Waals surface area contributed by atoms with Gasteiger partial charge in [-0.1, -0.05) is 20.8 Å². The molecule has 4 nitrogen and oxygen atoms in total. The lowest BCUT2D eigenvalue weighted by molar-refractivity contribution is 0.0291. The topological polar surface area (TPSA) is 60.2 Å². The Labute approximate surface area is 139 Å². The quantitative estimate of drug-likeness (QED) is 0.865. The van der Waals surface area contributed by atoms with Crippen LogP contribution in [0.1, 0.15) is 56.9 Å². The molecule has 2 unspecified atom stereocenters. The van der Waals surface area contributed by atoms with E-state index in [-0.39, 0.29) is 11.5 Å². The summed E-state index contributed by atoms with van der Waals surface area (Å²) >= 11 is 0. The molecule has 0 radical (unpaired) electrons. The number of piperidine rings is 1. The molecule has 2 atom stereocenters. The van der Waals surface area contributed by atoms with E-state index < -0.39 is 0 Å². The van der Waals surface area contributed by atoms with Crippen LogP contribution in [0.15, 0.2) is 6.07 Å². The highest BCUT2D eigenvalue weighted by molar-refractivity contribution is 5.57. The molecule has 1 aliphatic heterocycles. The van der Waals surface area contributed by atoms with Crippen LogP contribution in [0, 0.1) is 22.7 Å². The second-order valence-corrected chi connectivity index (χ2v) is 8.06. The fourth-order valence-electron chi connectivity index (χ4n) is 4.08. The first-order chi connectivity index (χ1) is 10.9. The van der Waals surface area contributed by atoms with Crippen LogP contribution in [0.3, 0.4) is 0 Å². The molecule has 1 aliphatic carbocycles. The second kappa shape index (κ2) is 6.13. The molecule has 2 heterocycles. The molecule has 0 amide bonds. The number of aliphatic hydroxyl groups excluding tert-OH is 1. The van der Waals surface area contributed by atoms with E-state index in [0.29, 0.717) is 18.0 Å². The third-order valence-electron chi connectivity index (χ3n) is 5.39. The maximum atomic E-state index is 10.6. The summed E-state index contributed by atoms with van der Waals surface area (Å²) in [6, 6.07) is 4.34. The Morgan fingerprint density at radius 2 is 2.04 bits per heavy atom. The number of aromatic nitrogens is 1. The predicted molar refractivity (Wildman–Crippen MR) is 91.4 cm³/mol. The number of rotatable bonds is 1. The van der Waals surface area contributed by atoms with Crippen molar-refractivity contribution in [2.75, 3.05) is 18.0 Å². The largest absolute Gasteiger partial charge is 0.391 e. The van der Waals surface area contributed by atoms with Crippen LogP contribution in [0.2, 0.25) is 0 Å². The molecule has 0 bridgehead atoms. The van der Waals surface area contributed by atoms with E-state index in [9.17, 15) is 10.4 Å². The van der Waals surface area contributed by atoms with E-state index in [0.717, 1.165) is 37.3 Å². The van der Waals surface area contributed by atoms with Crippen molar-refractivity contribution >= 4 is 5.82 Å².